The first kappa shape index (κ1) is 25.0. The fourth-order valence-electron chi connectivity index (χ4n) is 5.52. The van der Waals surface area contributed by atoms with Gasteiger partial charge in [-0.05, 0) is 73.7 Å². The molecule has 3 aromatic carbocycles. The molecule has 7 rings (SSSR count). The third kappa shape index (κ3) is 5.76. The van der Waals surface area contributed by atoms with Gasteiger partial charge in [0.05, 0.1) is 12.2 Å². The highest BCUT2D eigenvalue weighted by Gasteiger charge is 2.36. The molecule has 1 amide bonds. The highest BCUT2D eigenvalue weighted by atomic mass is 16.6. The van der Waals surface area contributed by atoms with Crippen LogP contribution in [0.1, 0.15) is 35.2 Å². The number of hydrogen-bond donors (Lipinski definition) is 1. The topological polar surface area (TPSA) is 89.3 Å². The molecule has 8 nitrogen and oxygen atoms in total. The van der Waals surface area contributed by atoms with Gasteiger partial charge in [0, 0.05) is 17.7 Å². The van der Waals surface area contributed by atoms with E-state index in [0.717, 1.165) is 73.1 Å². The first-order chi connectivity index (χ1) is 19.1. The molecule has 1 N–H and O–H groups in total. The summed E-state index contributed by atoms with van der Waals surface area (Å²) in [6.45, 7) is 3.64. The quantitative estimate of drug-likeness (QED) is 0.301. The Hall–Kier alpha value is -4.30. The van der Waals surface area contributed by atoms with Gasteiger partial charge < -0.3 is 4.74 Å². The maximum Gasteiger partial charge on any atom is 0.411 e. The molecule has 0 spiro atoms. The molecule has 2 bridgehead atoms. The van der Waals surface area contributed by atoms with Gasteiger partial charge in [0.25, 0.3) is 0 Å². The average Bonchev–Trinajstić information content (AvgIpc) is 3.38. The number of aromatic nitrogens is 3. The second-order valence-electron chi connectivity index (χ2n) is 10.2. The number of nitrogens with one attached hydrogen (secondary N) is 1. The van der Waals surface area contributed by atoms with Crippen molar-refractivity contribution in [3.63, 3.8) is 0 Å². The average molecular weight is 522 g/mol. The van der Waals surface area contributed by atoms with Crippen LogP contribution in [0.5, 0.6) is 0 Å². The zero-order valence-electron chi connectivity index (χ0n) is 21.7. The maximum absolute atomic E-state index is 13.0. The third-order valence-electron chi connectivity index (χ3n) is 7.61. The lowest BCUT2D eigenvalue weighted by molar-refractivity contribution is -0.0289. The van der Waals surface area contributed by atoms with Crippen LogP contribution in [-0.2, 0) is 11.3 Å². The fourth-order valence-corrected chi connectivity index (χ4v) is 5.52. The monoisotopic (exact) mass is 521 g/mol. The molecule has 3 aliphatic heterocycles. The Bertz CT molecular complexity index is 1510. The van der Waals surface area contributed by atoms with Gasteiger partial charge in [-0.15, -0.1) is 0 Å². The number of nitrogens with zero attached hydrogens (tertiary/aromatic N) is 4. The van der Waals surface area contributed by atoms with E-state index in [1.807, 2.05) is 60.7 Å². The molecule has 198 valence electrons. The summed E-state index contributed by atoms with van der Waals surface area (Å²) in [6, 6.07) is 21.4. The first-order valence-electron chi connectivity index (χ1n) is 13.5. The lowest BCUT2D eigenvalue weighted by Crippen LogP contribution is -2.52. The summed E-state index contributed by atoms with van der Waals surface area (Å²) in [6.07, 6.45) is 7.38. The number of allylic oxidation sites excluding steroid dienone is 1. The Morgan fingerprint density at radius 2 is 1.77 bits per heavy atom. The van der Waals surface area contributed by atoms with E-state index in [2.05, 4.69) is 26.5 Å². The standard InChI is InChI=1S/C31H31N5O3/c37-21-23-10-12-27-29(19-23)34-36(33-27)15-5-4-6-22-9-11-26(24-7-2-1-3-8-24)28(18-22)32-31(38)39-30-20-35-16-13-25(30)14-17-35/h1-4,6-12,18-19,21,25,30H,5,13-17,20H2,(H,32,38)/b6-4+/t30-/m0/s1. The Labute approximate surface area is 227 Å². The second-order valence-corrected chi connectivity index (χ2v) is 10.2. The highest BCUT2D eigenvalue weighted by Crippen LogP contribution is 2.32. The number of aldehydes is 1. The van der Waals surface area contributed by atoms with Crippen molar-refractivity contribution >= 4 is 35.2 Å². The number of amides is 1. The Kier molecular flexibility index (Phi) is 7.19. The zero-order valence-corrected chi connectivity index (χ0v) is 21.7. The second kappa shape index (κ2) is 11.2. The van der Waals surface area contributed by atoms with Crippen molar-refractivity contribution in [2.75, 3.05) is 25.0 Å². The van der Waals surface area contributed by atoms with Gasteiger partial charge in [0.15, 0.2) is 0 Å². The molecule has 1 atom stereocenters. The molecule has 8 heteroatoms. The highest BCUT2D eigenvalue weighted by molar-refractivity contribution is 5.92. The number of carbonyl (C=O) groups excluding carboxylic acids is 2. The normalized spacial score (nSPS) is 20.4. The Morgan fingerprint density at radius 1 is 0.974 bits per heavy atom. The summed E-state index contributed by atoms with van der Waals surface area (Å²) >= 11 is 0. The molecule has 0 aliphatic carbocycles. The van der Waals surface area contributed by atoms with Crippen LogP contribution in [-0.4, -0.2) is 58.0 Å². The number of rotatable bonds is 8. The predicted octanol–water partition coefficient (Wildman–Crippen LogP) is 5.66. The predicted molar refractivity (Wildman–Crippen MR) is 152 cm³/mol. The Balaban J connectivity index is 1.15. The number of aryl methyl sites for hydroxylation is 1. The van der Waals surface area contributed by atoms with Crippen molar-refractivity contribution in [3.05, 3.63) is 83.9 Å². The van der Waals surface area contributed by atoms with Crippen LogP contribution in [0.15, 0.2) is 72.8 Å². The van der Waals surface area contributed by atoms with Crippen LogP contribution in [0, 0.1) is 5.92 Å². The number of fused-ring (bicyclic) bond motifs is 4. The van der Waals surface area contributed by atoms with Crippen molar-refractivity contribution in [2.24, 2.45) is 5.92 Å². The SMILES string of the molecule is O=Cc1ccc2nn(CC/C=C/c3ccc(-c4ccccc4)c(NC(=O)O[C@H]4CN5CCC4CC5)c3)nc2c1. The molecule has 39 heavy (non-hydrogen) atoms. The summed E-state index contributed by atoms with van der Waals surface area (Å²) in [4.78, 5) is 28.0. The summed E-state index contributed by atoms with van der Waals surface area (Å²) in [5, 5.41) is 12.0. The van der Waals surface area contributed by atoms with E-state index in [0.29, 0.717) is 23.5 Å². The van der Waals surface area contributed by atoms with E-state index in [9.17, 15) is 9.59 Å². The number of ether oxygens (including phenoxy) is 1. The van der Waals surface area contributed by atoms with Crippen molar-refractivity contribution in [2.45, 2.75) is 31.9 Å². The Morgan fingerprint density at radius 3 is 2.54 bits per heavy atom. The van der Waals surface area contributed by atoms with Crippen LogP contribution >= 0.6 is 0 Å². The van der Waals surface area contributed by atoms with Gasteiger partial charge in [-0.1, -0.05) is 54.6 Å². The number of benzene rings is 3. The molecule has 3 aliphatic rings. The van der Waals surface area contributed by atoms with Crippen LogP contribution in [0.2, 0.25) is 0 Å². The summed E-state index contributed by atoms with van der Waals surface area (Å²) in [5.41, 5.74) is 5.73. The van der Waals surface area contributed by atoms with E-state index in [1.165, 1.54) is 0 Å². The van der Waals surface area contributed by atoms with Gasteiger partial charge in [-0.3, -0.25) is 15.0 Å². The summed E-state index contributed by atoms with van der Waals surface area (Å²) in [5.74, 6) is 0.456. The molecule has 3 saturated heterocycles. The van der Waals surface area contributed by atoms with Crippen LogP contribution in [0.3, 0.4) is 0 Å². The minimum atomic E-state index is -0.401. The molecule has 0 unspecified atom stereocenters. The number of carbonyl (C=O) groups is 2. The van der Waals surface area contributed by atoms with E-state index in [1.54, 1.807) is 16.9 Å². The molecule has 0 saturated carbocycles. The van der Waals surface area contributed by atoms with Gasteiger partial charge in [-0.2, -0.15) is 15.0 Å². The zero-order chi connectivity index (χ0) is 26.6. The van der Waals surface area contributed by atoms with Gasteiger partial charge in [-0.25, -0.2) is 4.79 Å². The van der Waals surface area contributed by atoms with Gasteiger partial charge in [0.1, 0.15) is 23.4 Å². The third-order valence-corrected chi connectivity index (χ3v) is 7.61. The smallest absolute Gasteiger partial charge is 0.411 e. The fraction of sp³-hybridized carbons (Fsp3) is 0.290. The molecule has 1 aromatic heterocycles. The summed E-state index contributed by atoms with van der Waals surface area (Å²) < 4.78 is 5.90. The molecular weight excluding hydrogens is 490 g/mol. The van der Waals surface area contributed by atoms with E-state index in [-0.39, 0.29) is 6.10 Å². The summed E-state index contributed by atoms with van der Waals surface area (Å²) in [7, 11) is 0. The van der Waals surface area contributed by atoms with Gasteiger partial charge in [0.2, 0.25) is 0 Å². The number of anilines is 1. The first-order valence-corrected chi connectivity index (χ1v) is 13.5. The maximum atomic E-state index is 13.0. The van der Waals surface area contributed by atoms with Crippen LogP contribution in [0.25, 0.3) is 28.2 Å². The largest absolute Gasteiger partial charge is 0.444 e. The van der Waals surface area contributed by atoms with Crippen LogP contribution in [0.4, 0.5) is 10.5 Å². The van der Waals surface area contributed by atoms with E-state index >= 15 is 0 Å². The molecule has 4 aromatic rings. The lowest BCUT2D eigenvalue weighted by atomic mass is 9.86. The molecule has 4 heterocycles. The molecule has 3 fully saturated rings. The van der Waals surface area contributed by atoms with Crippen LogP contribution < -0.4 is 5.32 Å². The van der Waals surface area contributed by atoms with Crippen molar-refractivity contribution < 1.29 is 14.3 Å². The van der Waals surface area contributed by atoms with Crippen molar-refractivity contribution in [1.82, 2.24) is 19.9 Å². The van der Waals surface area contributed by atoms with E-state index in [4.69, 9.17) is 4.74 Å². The number of hydrogen-bond acceptors (Lipinski definition) is 6. The van der Waals surface area contributed by atoms with Gasteiger partial charge >= 0.3 is 6.09 Å². The number of piperidine rings is 3. The minimum absolute atomic E-state index is 0.0478. The minimum Gasteiger partial charge on any atom is -0.444 e. The van der Waals surface area contributed by atoms with E-state index < -0.39 is 6.09 Å². The van der Waals surface area contributed by atoms with Crippen molar-refractivity contribution in [3.8, 4) is 11.1 Å². The lowest BCUT2D eigenvalue weighted by Gasteiger charge is -2.43. The molecule has 0 radical (unpaired) electrons. The van der Waals surface area contributed by atoms with Crippen molar-refractivity contribution in [1.29, 1.82) is 0 Å². The molecular formula is C31H31N5O3.